The lowest BCUT2D eigenvalue weighted by atomic mass is 9.53. The van der Waals surface area contributed by atoms with Crippen LogP contribution in [-0.2, 0) is 4.79 Å². The highest BCUT2D eigenvalue weighted by molar-refractivity contribution is 5.51. The van der Waals surface area contributed by atoms with E-state index >= 15 is 0 Å². The molecule has 0 spiro atoms. The van der Waals surface area contributed by atoms with Gasteiger partial charge in [-0.15, -0.1) is 0 Å². The average molecular weight is 153 g/mol. The van der Waals surface area contributed by atoms with Gasteiger partial charge in [-0.2, -0.15) is 0 Å². The number of hydrogen-bond donors (Lipinski definition) is 0. The van der Waals surface area contributed by atoms with Crippen molar-refractivity contribution < 1.29 is 4.79 Å². The number of hydrogen-bond acceptors (Lipinski definition) is 1. The van der Waals surface area contributed by atoms with Crippen LogP contribution in [0.3, 0.4) is 0 Å². The molecule has 1 nitrogen and oxygen atoms in total. The first-order valence-electron chi connectivity index (χ1n) is 4.48. The van der Waals surface area contributed by atoms with Gasteiger partial charge in [-0.05, 0) is 23.7 Å². The van der Waals surface area contributed by atoms with E-state index in [1.807, 2.05) is 6.29 Å². The van der Waals surface area contributed by atoms with Gasteiger partial charge in [0, 0.05) is 6.42 Å². The van der Waals surface area contributed by atoms with Crippen LogP contribution in [-0.4, -0.2) is 6.29 Å². The molecule has 11 heavy (non-hydrogen) atoms. The summed E-state index contributed by atoms with van der Waals surface area (Å²) in [5, 5.41) is 0. The maximum atomic E-state index is 10.2. The fourth-order valence-corrected chi connectivity index (χ4v) is 2.26. The second-order valence-corrected chi connectivity index (χ2v) is 4.21. The molecular formula is C10H17O. The molecular weight excluding hydrogens is 136 g/mol. The van der Waals surface area contributed by atoms with Gasteiger partial charge in [0.2, 0.25) is 0 Å². The SMILES string of the molecule is CCC1CC(C[C]=O)C1(C)C. The Hall–Kier alpha value is -0.330. The molecule has 1 rings (SSSR count). The third-order valence-electron chi connectivity index (χ3n) is 3.50. The van der Waals surface area contributed by atoms with Gasteiger partial charge in [0.1, 0.15) is 0 Å². The minimum atomic E-state index is 0.395. The van der Waals surface area contributed by atoms with Crippen molar-refractivity contribution in [2.75, 3.05) is 0 Å². The Balaban J connectivity index is 2.46. The predicted molar refractivity (Wildman–Crippen MR) is 46.0 cm³/mol. The molecule has 0 saturated heterocycles. The van der Waals surface area contributed by atoms with Crippen molar-refractivity contribution in [1.82, 2.24) is 0 Å². The van der Waals surface area contributed by atoms with Gasteiger partial charge in [0.25, 0.3) is 0 Å². The predicted octanol–water partition coefficient (Wildman–Crippen LogP) is 2.56. The molecule has 1 saturated carbocycles. The van der Waals surface area contributed by atoms with E-state index in [1.54, 1.807) is 0 Å². The third kappa shape index (κ3) is 1.33. The molecule has 0 aromatic rings. The van der Waals surface area contributed by atoms with Crippen molar-refractivity contribution in [1.29, 1.82) is 0 Å². The zero-order valence-corrected chi connectivity index (χ0v) is 7.68. The van der Waals surface area contributed by atoms with Crippen molar-refractivity contribution in [3.8, 4) is 0 Å². The molecule has 0 bridgehead atoms. The molecule has 0 aliphatic heterocycles. The summed E-state index contributed by atoms with van der Waals surface area (Å²) in [6.07, 6.45) is 5.15. The van der Waals surface area contributed by atoms with E-state index in [0.717, 1.165) is 5.92 Å². The first-order chi connectivity index (χ1) is 5.12. The smallest absolute Gasteiger partial charge is 0.198 e. The summed E-state index contributed by atoms with van der Waals surface area (Å²) in [4.78, 5) is 10.2. The monoisotopic (exact) mass is 153 g/mol. The summed E-state index contributed by atoms with van der Waals surface area (Å²) in [6.45, 7) is 6.77. The Morgan fingerprint density at radius 2 is 2.09 bits per heavy atom. The molecule has 0 amide bonds. The Labute approximate surface area is 69.2 Å². The fraction of sp³-hybridized carbons (Fsp3) is 0.900. The van der Waals surface area contributed by atoms with Gasteiger partial charge in [0.15, 0.2) is 6.29 Å². The maximum absolute atomic E-state index is 10.2. The lowest BCUT2D eigenvalue weighted by molar-refractivity contribution is -0.0176. The van der Waals surface area contributed by atoms with Gasteiger partial charge in [-0.3, -0.25) is 4.79 Å². The zero-order valence-electron chi connectivity index (χ0n) is 7.68. The molecule has 1 heteroatoms. The molecule has 0 aromatic carbocycles. The van der Waals surface area contributed by atoms with Crippen LogP contribution in [0.1, 0.15) is 40.0 Å². The molecule has 0 N–H and O–H groups in total. The normalized spacial score (nSPS) is 34.5. The fourth-order valence-electron chi connectivity index (χ4n) is 2.26. The van der Waals surface area contributed by atoms with Crippen molar-refractivity contribution in [3.63, 3.8) is 0 Å². The van der Waals surface area contributed by atoms with E-state index in [4.69, 9.17) is 0 Å². The first kappa shape index (κ1) is 8.76. The highest BCUT2D eigenvalue weighted by Gasteiger charge is 2.46. The van der Waals surface area contributed by atoms with Crippen LogP contribution >= 0.6 is 0 Å². The van der Waals surface area contributed by atoms with Gasteiger partial charge in [0.05, 0.1) is 0 Å². The van der Waals surface area contributed by atoms with E-state index in [-0.39, 0.29) is 0 Å². The van der Waals surface area contributed by atoms with E-state index in [1.165, 1.54) is 12.8 Å². The van der Waals surface area contributed by atoms with Crippen LogP contribution in [0.15, 0.2) is 0 Å². The Bertz CT molecular complexity index is 149. The van der Waals surface area contributed by atoms with Gasteiger partial charge in [-0.1, -0.05) is 27.2 Å². The molecule has 1 radical (unpaired) electrons. The quantitative estimate of drug-likeness (QED) is 0.609. The Morgan fingerprint density at radius 1 is 1.45 bits per heavy atom. The van der Waals surface area contributed by atoms with Gasteiger partial charge >= 0.3 is 0 Å². The third-order valence-corrected chi connectivity index (χ3v) is 3.50. The number of carbonyl (C=O) groups excluding carboxylic acids is 1. The summed E-state index contributed by atoms with van der Waals surface area (Å²) < 4.78 is 0. The van der Waals surface area contributed by atoms with E-state index in [0.29, 0.717) is 17.8 Å². The van der Waals surface area contributed by atoms with Crippen molar-refractivity contribution in [2.24, 2.45) is 17.3 Å². The standard InChI is InChI=1S/C10H17O/c1-4-8-7-9(5-6-11)10(8,2)3/h8-9H,4-5,7H2,1-3H3. The Kier molecular flexibility index (Phi) is 2.36. The number of rotatable bonds is 3. The van der Waals surface area contributed by atoms with E-state index in [2.05, 4.69) is 20.8 Å². The summed E-state index contributed by atoms with van der Waals surface area (Å²) in [6, 6.07) is 0. The first-order valence-corrected chi connectivity index (χ1v) is 4.48. The lowest BCUT2D eigenvalue weighted by Gasteiger charge is -2.51. The second kappa shape index (κ2) is 2.96. The molecule has 1 fully saturated rings. The molecule has 63 valence electrons. The van der Waals surface area contributed by atoms with E-state index in [9.17, 15) is 4.79 Å². The van der Waals surface area contributed by atoms with Crippen molar-refractivity contribution >= 4 is 6.29 Å². The summed E-state index contributed by atoms with van der Waals surface area (Å²) in [5.41, 5.74) is 0.395. The topological polar surface area (TPSA) is 17.1 Å². The maximum Gasteiger partial charge on any atom is 0.198 e. The largest absolute Gasteiger partial charge is 0.291 e. The highest BCUT2D eigenvalue weighted by Crippen LogP contribution is 2.53. The van der Waals surface area contributed by atoms with Crippen LogP contribution in [0.2, 0.25) is 0 Å². The minimum absolute atomic E-state index is 0.395. The molecule has 0 aromatic heterocycles. The van der Waals surface area contributed by atoms with Crippen LogP contribution in [0, 0.1) is 17.3 Å². The van der Waals surface area contributed by atoms with Crippen molar-refractivity contribution in [3.05, 3.63) is 0 Å². The second-order valence-electron chi connectivity index (χ2n) is 4.21. The van der Waals surface area contributed by atoms with Gasteiger partial charge < -0.3 is 0 Å². The van der Waals surface area contributed by atoms with Crippen LogP contribution in [0.25, 0.3) is 0 Å². The van der Waals surface area contributed by atoms with Crippen LogP contribution in [0.4, 0.5) is 0 Å². The zero-order chi connectivity index (χ0) is 8.48. The molecule has 2 atom stereocenters. The summed E-state index contributed by atoms with van der Waals surface area (Å²) in [5.74, 6) is 1.44. The summed E-state index contributed by atoms with van der Waals surface area (Å²) >= 11 is 0. The van der Waals surface area contributed by atoms with Crippen molar-refractivity contribution in [2.45, 2.75) is 40.0 Å². The lowest BCUT2D eigenvalue weighted by Crippen LogP contribution is -2.44. The molecule has 1 aliphatic rings. The molecule has 2 unspecified atom stereocenters. The van der Waals surface area contributed by atoms with Gasteiger partial charge in [-0.25, -0.2) is 0 Å². The van der Waals surface area contributed by atoms with Crippen LogP contribution < -0.4 is 0 Å². The summed E-state index contributed by atoms with van der Waals surface area (Å²) in [7, 11) is 0. The minimum Gasteiger partial charge on any atom is -0.291 e. The highest BCUT2D eigenvalue weighted by atomic mass is 16.1. The van der Waals surface area contributed by atoms with E-state index < -0.39 is 0 Å². The van der Waals surface area contributed by atoms with Crippen LogP contribution in [0.5, 0.6) is 0 Å². The average Bonchev–Trinajstić information content (AvgIpc) is 1.97. The Morgan fingerprint density at radius 3 is 2.45 bits per heavy atom. The molecule has 0 heterocycles. The molecule has 1 aliphatic carbocycles.